The van der Waals surface area contributed by atoms with Gasteiger partial charge in [0, 0.05) is 12.6 Å². The fraction of sp³-hybridized carbons (Fsp3) is 0.533. The van der Waals surface area contributed by atoms with Gasteiger partial charge in [0.2, 0.25) is 0 Å². The molecule has 2 aliphatic rings. The smallest absolute Gasteiger partial charge is 0.255 e. The molecule has 1 aliphatic heterocycles. The fourth-order valence-electron chi connectivity index (χ4n) is 3.49. The van der Waals surface area contributed by atoms with E-state index < -0.39 is 0 Å². The Labute approximate surface area is 118 Å². The van der Waals surface area contributed by atoms with E-state index in [-0.39, 0.29) is 11.7 Å². The molecule has 1 aromatic rings. The minimum atomic E-state index is -0.0321. The largest absolute Gasteiger partial charge is 0.508 e. The predicted molar refractivity (Wildman–Crippen MR) is 74.5 cm³/mol. The summed E-state index contributed by atoms with van der Waals surface area (Å²) in [4.78, 5) is 14.6. The van der Waals surface area contributed by atoms with Gasteiger partial charge in [0.15, 0.2) is 0 Å². The van der Waals surface area contributed by atoms with E-state index in [1.165, 1.54) is 31.4 Å². The average molecular weight is 280 g/mol. The van der Waals surface area contributed by atoms with Crippen molar-refractivity contribution in [3.8, 4) is 5.75 Å². The summed E-state index contributed by atoms with van der Waals surface area (Å²) in [5, 5.41) is 9.95. The van der Waals surface area contributed by atoms with Crippen LogP contribution in [0.1, 0.15) is 42.5 Å². The number of hydrogen-bond acceptors (Lipinski definition) is 2. The third-order valence-electron chi connectivity index (χ3n) is 4.45. The van der Waals surface area contributed by atoms with Gasteiger partial charge in [0.05, 0.1) is 10.6 Å². The first-order valence-corrected chi connectivity index (χ1v) is 7.34. The Morgan fingerprint density at radius 2 is 2.05 bits per heavy atom. The van der Waals surface area contributed by atoms with Crippen molar-refractivity contribution in [1.82, 2.24) is 4.90 Å². The van der Waals surface area contributed by atoms with Gasteiger partial charge in [-0.3, -0.25) is 4.79 Å². The fourth-order valence-corrected chi connectivity index (χ4v) is 3.69. The highest BCUT2D eigenvalue weighted by molar-refractivity contribution is 6.33. The molecular formula is C15H18ClNO2. The number of carbonyl (C=O) groups is 1. The number of rotatable bonds is 1. The second-order valence-electron chi connectivity index (χ2n) is 5.56. The van der Waals surface area contributed by atoms with Crippen LogP contribution in [0.4, 0.5) is 0 Å². The molecule has 2 atom stereocenters. The van der Waals surface area contributed by atoms with Gasteiger partial charge in [-0.1, -0.05) is 24.4 Å². The highest BCUT2D eigenvalue weighted by Crippen LogP contribution is 2.37. The van der Waals surface area contributed by atoms with Crippen molar-refractivity contribution in [3.05, 3.63) is 28.8 Å². The van der Waals surface area contributed by atoms with Crippen LogP contribution in [0.15, 0.2) is 18.2 Å². The molecular weight excluding hydrogens is 262 g/mol. The van der Waals surface area contributed by atoms with E-state index in [0.29, 0.717) is 22.5 Å². The predicted octanol–water partition coefficient (Wildman–Crippen LogP) is 3.45. The standard InChI is InChI=1S/C15H18ClNO2/c16-13-6-5-11(18)9-12(13)15(19)17-8-7-10-3-1-2-4-14(10)17/h5-6,9-10,14,18H,1-4,7-8H2. The zero-order valence-corrected chi connectivity index (χ0v) is 11.6. The van der Waals surface area contributed by atoms with Crippen LogP contribution in [-0.2, 0) is 0 Å². The van der Waals surface area contributed by atoms with Crippen molar-refractivity contribution in [1.29, 1.82) is 0 Å². The lowest BCUT2D eigenvalue weighted by Crippen LogP contribution is -2.39. The molecule has 0 radical (unpaired) electrons. The number of benzene rings is 1. The van der Waals surface area contributed by atoms with Gasteiger partial charge in [-0.25, -0.2) is 0 Å². The zero-order valence-electron chi connectivity index (χ0n) is 10.8. The van der Waals surface area contributed by atoms with Crippen LogP contribution >= 0.6 is 11.6 Å². The van der Waals surface area contributed by atoms with E-state index in [2.05, 4.69) is 0 Å². The van der Waals surface area contributed by atoms with Crippen molar-refractivity contribution in [2.45, 2.75) is 38.1 Å². The Morgan fingerprint density at radius 3 is 2.89 bits per heavy atom. The van der Waals surface area contributed by atoms with Gasteiger partial charge >= 0.3 is 0 Å². The normalized spacial score (nSPS) is 26.3. The molecule has 1 saturated carbocycles. The molecule has 2 unspecified atom stereocenters. The molecule has 1 saturated heterocycles. The molecule has 102 valence electrons. The maximum Gasteiger partial charge on any atom is 0.255 e. The van der Waals surface area contributed by atoms with Crippen molar-refractivity contribution in [2.24, 2.45) is 5.92 Å². The highest BCUT2D eigenvalue weighted by atomic mass is 35.5. The Hall–Kier alpha value is -1.22. The summed E-state index contributed by atoms with van der Waals surface area (Å²) < 4.78 is 0. The number of amides is 1. The minimum absolute atomic E-state index is 0.0321. The Balaban J connectivity index is 1.85. The van der Waals surface area contributed by atoms with Crippen molar-refractivity contribution in [3.63, 3.8) is 0 Å². The molecule has 1 amide bonds. The Morgan fingerprint density at radius 1 is 1.26 bits per heavy atom. The second-order valence-corrected chi connectivity index (χ2v) is 5.97. The summed E-state index contributed by atoms with van der Waals surface area (Å²) >= 11 is 6.09. The number of aromatic hydroxyl groups is 1. The number of halogens is 1. The van der Waals surface area contributed by atoms with Gasteiger partial charge in [0.1, 0.15) is 5.75 Å². The average Bonchev–Trinajstić information content (AvgIpc) is 2.84. The molecule has 0 spiro atoms. The van der Waals surface area contributed by atoms with Crippen LogP contribution in [0.5, 0.6) is 5.75 Å². The number of carbonyl (C=O) groups excluding carboxylic acids is 1. The van der Waals surface area contributed by atoms with Gasteiger partial charge in [-0.05, 0) is 43.4 Å². The SMILES string of the molecule is O=C(c1cc(O)ccc1Cl)N1CCC2CCCCC21. The third kappa shape index (κ3) is 2.32. The van der Waals surface area contributed by atoms with Crippen LogP contribution in [0, 0.1) is 5.92 Å². The lowest BCUT2D eigenvalue weighted by Gasteiger charge is -2.31. The summed E-state index contributed by atoms with van der Waals surface area (Å²) in [6, 6.07) is 4.94. The van der Waals surface area contributed by atoms with E-state index in [1.54, 1.807) is 6.07 Å². The lowest BCUT2D eigenvalue weighted by molar-refractivity contribution is 0.0690. The van der Waals surface area contributed by atoms with Crippen molar-refractivity contribution in [2.75, 3.05) is 6.54 Å². The molecule has 0 aromatic heterocycles. The van der Waals surface area contributed by atoms with Gasteiger partial charge in [-0.2, -0.15) is 0 Å². The molecule has 1 heterocycles. The quantitative estimate of drug-likeness (QED) is 0.855. The maximum absolute atomic E-state index is 12.6. The molecule has 19 heavy (non-hydrogen) atoms. The summed E-state index contributed by atoms with van der Waals surface area (Å²) in [7, 11) is 0. The topological polar surface area (TPSA) is 40.5 Å². The number of phenols is 1. The minimum Gasteiger partial charge on any atom is -0.508 e. The number of phenolic OH excluding ortho intramolecular Hbond substituents is 1. The first-order chi connectivity index (χ1) is 9.16. The van der Waals surface area contributed by atoms with E-state index in [9.17, 15) is 9.90 Å². The molecule has 1 aromatic carbocycles. The second kappa shape index (κ2) is 5.04. The summed E-state index contributed by atoms with van der Waals surface area (Å²) in [6.45, 7) is 0.820. The number of fused-ring (bicyclic) bond motifs is 1. The first-order valence-electron chi connectivity index (χ1n) is 6.96. The number of nitrogens with zero attached hydrogens (tertiary/aromatic N) is 1. The van der Waals surface area contributed by atoms with Crippen molar-refractivity contribution < 1.29 is 9.90 Å². The van der Waals surface area contributed by atoms with E-state index in [4.69, 9.17) is 11.6 Å². The zero-order chi connectivity index (χ0) is 13.4. The van der Waals surface area contributed by atoms with Crippen LogP contribution in [0.25, 0.3) is 0 Å². The molecule has 4 heteroatoms. The lowest BCUT2D eigenvalue weighted by atomic mass is 9.85. The highest BCUT2D eigenvalue weighted by Gasteiger charge is 2.38. The third-order valence-corrected chi connectivity index (χ3v) is 4.78. The molecule has 2 fully saturated rings. The van der Waals surface area contributed by atoms with Gasteiger partial charge in [-0.15, -0.1) is 0 Å². The van der Waals surface area contributed by atoms with Crippen LogP contribution in [0.3, 0.4) is 0 Å². The molecule has 1 aliphatic carbocycles. The first kappa shape index (κ1) is 12.8. The van der Waals surface area contributed by atoms with Crippen LogP contribution in [0.2, 0.25) is 5.02 Å². The maximum atomic E-state index is 12.6. The molecule has 0 bridgehead atoms. The number of likely N-dealkylation sites (tertiary alicyclic amines) is 1. The van der Waals surface area contributed by atoms with Crippen molar-refractivity contribution >= 4 is 17.5 Å². The summed E-state index contributed by atoms with van der Waals surface area (Å²) in [5.74, 6) is 0.719. The van der Waals surface area contributed by atoms with Gasteiger partial charge in [0.25, 0.3) is 5.91 Å². The number of hydrogen-bond donors (Lipinski definition) is 1. The van der Waals surface area contributed by atoms with Crippen LogP contribution in [-0.4, -0.2) is 28.5 Å². The van der Waals surface area contributed by atoms with E-state index in [0.717, 1.165) is 19.4 Å². The Bertz CT molecular complexity index is 503. The Kier molecular flexibility index (Phi) is 3.40. The van der Waals surface area contributed by atoms with E-state index >= 15 is 0 Å². The summed E-state index contributed by atoms with van der Waals surface area (Å²) in [5.41, 5.74) is 0.424. The van der Waals surface area contributed by atoms with Gasteiger partial charge < -0.3 is 10.0 Å². The summed E-state index contributed by atoms with van der Waals surface area (Å²) in [6.07, 6.45) is 5.94. The molecule has 3 nitrogen and oxygen atoms in total. The van der Waals surface area contributed by atoms with E-state index in [1.807, 2.05) is 4.90 Å². The van der Waals surface area contributed by atoms with Crippen LogP contribution < -0.4 is 0 Å². The molecule has 3 rings (SSSR count). The monoisotopic (exact) mass is 279 g/mol. The molecule has 1 N–H and O–H groups in total.